The van der Waals surface area contributed by atoms with Gasteiger partial charge in [0.25, 0.3) is 0 Å². The summed E-state index contributed by atoms with van der Waals surface area (Å²) in [7, 11) is -2.75. The number of thiophene rings is 1. The van der Waals surface area contributed by atoms with Crippen LogP contribution in [0.25, 0.3) is 0 Å². The Morgan fingerprint density at radius 2 is 2.37 bits per heavy atom. The molecule has 19 heavy (non-hydrogen) atoms. The molecule has 1 aliphatic heterocycles. The van der Waals surface area contributed by atoms with E-state index in [2.05, 4.69) is 29.1 Å². The van der Waals surface area contributed by atoms with Gasteiger partial charge in [-0.15, -0.1) is 0 Å². The second kappa shape index (κ2) is 6.86. The molecule has 0 aliphatic carbocycles. The van der Waals surface area contributed by atoms with Crippen molar-refractivity contribution >= 4 is 21.2 Å². The molecule has 0 saturated carbocycles. The maximum atomic E-state index is 11.5. The van der Waals surface area contributed by atoms with Gasteiger partial charge in [-0.05, 0) is 60.5 Å². The molecule has 1 aliphatic rings. The Morgan fingerprint density at radius 1 is 1.53 bits per heavy atom. The molecule has 2 heterocycles. The number of sulfone groups is 1. The Labute approximate surface area is 120 Å². The molecule has 5 heteroatoms. The Kier molecular flexibility index (Phi) is 5.42. The van der Waals surface area contributed by atoms with Gasteiger partial charge in [-0.3, -0.25) is 0 Å². The average molecular weight is 301 g/mol. The minimum atomic E-state index is -2.75. The number of hydrogen-bond donors (Lipinski definition) is 1. The van der Waals surface area contributed by atoms with Gasteiger partial charge in [-0.25, -0.2) is 8.42 Å². The third-order valence-electron chi connectivity index (χ3n) is 3.69. The molecule has 1 aromatic heterocycles. The predicted octanol–water partition coefficient (Wildman–Crippen LogP) is 2.48. The van der Waals surface area contributed by atoms with E-state index in [1.807, 2.05) is 0 Å². The summed E-state index contributed by atoms with van der Waals surface area (Å²) < 4.78 is 23.1. The van der Waals surface area contributed by atoms with E-state index in [-0.39, 0.29) is 0 Å². The van der Waals surface area contributed by atoms with Gasteiger partial charge in [-0.2, -0.15) is 11.3 Å². The van der Waals surface area contributed by atoms with Gasteiger partial charge in [0, 0.05) is 6.04 Å². The fraction of sp³-hybridized carbons (Fsp3) is 0.714. The van der Waals surface area contributed by atoms with Gasteiger partial charge in [0.05, 0.1) is 11.5 Å². The molecular formula is C14H23NO2S2. The van der Waals surface area contributed by atoms with E-state index in [0.29, 0.717) is 23.5 Å². The standard InChI is InChI=1S/C14H23NO2S2/c1-2-5-15-14(8-12-3-6-18-10-12)9-13-4-7-19(16,17)11-13/h3,6,10,13-15H,2,4-5,7-9,11H2,1H3. The van der Waals surface area contributed by atoms with E-state index in [4.69, 9.17) is 0 Å². The van der Waals surface area contributed by atoms with Crippen molar-refractivity contribution in [1.29, 1.82) is 0 Å². The van der Waals surface area contributed by atoms with Crippen LogP contribution in [0.1, 0.15) is 31.7 Å². The number of nitrogens with one attached hydrogen (secondary N) is 1. The Hall–Kier alpha value is -0.390. The monoisotopic (exact) mass is 301 g/mol. The lowest BCUT2D eigenvalue weighted by atomic mass is 9.95. The summed E-state index contributed by atoms with van der Waals surface area (Å²) in [5.74, 6) is 1.12. The molecule has 1 aromatic rings. The third kappa shape index (κ3) is 4.89. The normalized spacial score (nSPS) is 23.5. The smallest absolute Gasteiger partial charge is 0.150 e. The summed E-state index contributed by atoms with van der Waals surface area (Å²) in [5, 5.41) is 7.86. The van der Waals surface area contributed by atoms with Gasteiger partial charge >= 0.3 is 0 Å². The molecule has 1 saturated heterocycles. The molecule has 2 unspecified atom stereocenters. The van der Waals surface area contributed by atoms with E-state index in [1.165, 1.54) is 5.56 Å². The first-order valence-electron chi connectivity index (χ1n) is 7.04. The van der Waals surface area contributed by atoms with Gasteiger partial charge < -0.3 is 5.32 Å². The van der Waals surface area contributed by atoms with Crippen LogP contribution >= 0.6 is 11.3 Å². The van der Waals surface area contributed by atoms with Crippen LogP contribution in [0.4, 0.5) is 0 Å². The minimum Gasteiger partial charge on any atom is -0.314 e. The second-order valence-electron chi connectivity index (χ2n) is 5.49. The maximum Gasteiger partial charge on any atom is 0.150 e. The SMILES string of the molecule is CCCNC(Cc1ccsc1)CC1CCS(=O)(=O)C1. The minimum absolute atomic E-state index is 0.345. The lowest BCUT2D eigenvalue weighted by molar-refractivity contribution is 0.403. The second-order valence-corrected chi connectivity index (χ2v) is 8.50. The fourth-order valence-corrected chi connectivity index (χ4v) is 5.30. The molecular weight excluding hydrogens is 278 g/mol. The molecule has 0 radical (unpaired) electrons. The zero-order chi connectivity index (χ0) is 13.7. The van der Waals surface area contributed by atoms with Crippen LogP contribution in [-0.4, -0.2) is 32.5 Å². The van der Waals surface area contributed by atoms with Crippen molar-refractivity contribution in [3.63, 3.8) is 0 Å². The van der Waals surface area contributed by atoms with Crippen LogP contribution < -0.4 is 5.32 Å². The maximum absolute atomic E-state index is 11.5. The molecule has 2 rings (SSSR count). The Bertz CT molecular complexity index is 468. The molecule has 108 valence electrons. The van der Waals surface area contributed by atoms with Crippen LogP contribution in [0, 0.1) is 5.92 Å². The van der Waals surface area contributed by atoms with Crippen LogP contribution in [0.15, 0.2) is 16.8 Å². The number of hydrogen-bond acceptors (Lipinski definition) is 4. The zero-order valence-electron chi connectivity index (χ0n) is 11.5. The first kappa shape index (κ1) is 15.0. The molecule has 0 amide bonds. The topological polar surface area (TPSA) is 46.2 Å². The summed E-state index contributed by atoms with van der Waals surface area (Å²) in [4.78, 5) is 0. The highest BCUT2D eigenvalue weighted by Crippen LogP contribution is 2.24. The Balaban J connectivity index is 1.90. The molecule has 0 aromatic carbocycles. The van der Waals surface area contributed by atoms with Crippen LogP contribution in [0.3, 0.4) is 0 Å². The van der Waals surface area contributed by atoms with Crippen molar-refractivity contribution < 1.29 is 8.42 Å². The van der Waals surface area contributed by atoms with E-state index < -0.39 is 9.84 Å². The summed E-state index contributed by atoms with van der Waals surface area (Å²) >= 11 is 1.72. The highest BCUT2D eigenvalue weighted by Gasteiger charge is 2.29. The quantitative estimate of drug-likeness (QED) is 0.841. The molecule has 3 nitrogen and oxygen atoms in total. The molecule has 0 bridgehead atoms. The van der Waals surface area contributed by atoms with E-state index >= 15 is 0 Å². The van der Waals surface area contributed by atoms with E-state index in [1.54, 1.807) is 11.3 Å². The van der Waals surface area contributed by atoms with Crippen molar-refractivity contribution in [3.05, 3.63) is 22.4 Å². The largest absolute Gasteiger partial charge is 0.314 e. The summed E-state index contributed by atoms with van der Waals surface area (Å²) in [6.07, 6.45) is 3.95. The Morgan fingerprint density at radius 3 is 2.95 bits per heavy atom. The van der Waals surface area contributed by atoms with Crippen molar-refractivity contribution in [2.24, 2.45) is 5.92 Å². The van der Waals surface area contributed by atoms with Crippen LogP contribution in [0.5, 0.6) is 0 Å². The molecule has 0 spiro atoms. The highest BCUT2D eigenvalue weighted by molar-refractivity contribution is 7.91. The first-order valence-corrected chi connectivity index (χ1v) is 9.80. The molecule has 2 atom stereocenters. The number of rotatable bonds is 7. The third-order valence-corrected chi connectivity index (χ3v) is 6.26. The summed E-state index contributed by atoms with van der Waals surface area (Å²) in [6.45, 7) is 3.17. The van der Waals surface area contributed by atoms with Crippen LogP contribution in [-0.2, 0) is 16.3 Å². The molecule has 1 fully saturated rings. The van der Waals surface area contributed by atoms with Gasteiger partial charge in [0.2, 0.25) is 0 Å². The van der Waals surface area contributed by atoms with E-state index in [0.717, 1.165) is 32.2 Å². The zero-order valence-corrected chi connectivity index (χ0v) is 13.1. The average Bonchev–Trinajstić information content (AvgIpc) is 2.96. The summed E-state index contributed by atoms with van der Waals surface area (Å²) in [6, 6.07) is 2.57. The summed E-state index contributed by atoms with van der Waals surface area (Å²) in [5.41, 5.74) is 1.36. The lowest BCUT2D eigenvalue weighted by Gasteiger charge is -2.21. The van der Waals surface area contributed by atoms with Crippen molar-refractivity contribution in [2.75, 3.05) is 18.1 Å². The first-order chi connectivity index (χ1) is 9.09. The van der Waals surface area contributed by atoms with Gasteiger partial charge in [-0.1, -0.05) is 6.92 Å². The fourth-order valence-electron chi connectivity index (χ4n) is 2.74. The van der Waals surface area contributed by atoms with Crippen molar-refractivity contribution in [3.8, 4) is 0 Å². The van der Waals surface area contributed by atoms with E-state index in [9.17, 15) is 8.42 Å². The molecule has 1 N–H and O–H groups in total. The van der Waals surface area contributed by atoms with Crippen molar-refractivity contribution in [2.45, 2.75) is 38.6 Å². The van der Waals surface area contributed by atoms with Gasteiger partial charge in [0.1, 0.15) is 0 Å². The highest BCUT2D eigenvalue weighted by atomic mass is 32.2. The predicted molar refractivity (Wildman–Crippen MR) is 81.5 cm³/mol. The lowest BCUT2D eigenvalue weighted by Crippen LogP contribution is -2.34. The van der Waals surface area contributed by atoms with Crippen LogP contribution in [0.2, 0.25) is 0 Å². The van der Waals surface area contributed by atoms with Crippen molar-refractivity contribution in [1.82, 2.24) is 5.32 Å². The van der Waals surface area contributed by atoms with Gasteiger partial charge in [0.15, 0.2) is 9.84 Å².